The van der Waals surface area contributed by atoms with Crippen molar-refractivity contribution >= 4 is 0 Å². The molecule has 27 heavy (non-hydrogen) atoms. The van der Waals surface area contributed by atoms with E-state index in [1.165, 1.54) is 56.1 Å². The Hall–Kier alpha value is -1.08. The first kappa shape index (κ1) is 22.2. The third-order valence-electron chi connectivity index (χ3n) is 6.46. The maximum absolute atomic E-state index is 5.79. The van der Waals surface area contributed by atoms with E-state index >= 15 is 0 Å². The molecule has 2 rings (SSSR count). The van der Waals surface area contributed by atoms with Gasteiger partial charge in [0.15, 0.2) is 0 Å². The van der Waals surface area contributed by atoms with Crippen molar-refractivity contribution in [1.29, 1.82) is 0 Å². The molecule has 0 aliphatic heterocycles. The summed E-state index contributed by atoms with van der Waals surface area (Å²) in [7, 11) is 0. The summed E-state index contributed by atoms with van der Waals surface area (Å²) in [6.07, 6.45) is 16.2. The predicted octanol–water partition coefficient (Wildman–Crippen LogP) is 7.95. The number of allylic oxidation sites excluding steroid dienone is 8. The number of unbranched alkanes of at least 4 members (excludes halogenated alkanes) is 3. The van der Waals surface area contributed by atoms with Gasteiger partial charge in [0.05, 0.1) is 5.60 Å². The molecule has 0 heterocycles. The van der Waals surface area contributed by atoms with Gasteiger partial charge < -0.3 is 4.74 Å². The Labute approximate surface area is 168 Å². The fourth-order valence-electron chi connectivity index (χ4n) is 4.37. The van der Waals surface area contributed by atoms with Gasteiger partial charge in [-0.15, -0.1) is 0 Å². The average molecular weight is 371 g/mol. The van der Waals surface area contributed by atoms with Crippen LogP contribution in [0.1, 0.15) is 93.4 Å². The van der Waals surface area contributed by atoms with Gasteiger partial charge in [-0.25, -0.2) is 0 Å². The molecule has 0 saturated heterocycles. The van der Waals surface area contributed by atoms with Crippen molar-refractivity contribution in [2.75, 3.05) is 6.61 Å². The van der Waals surface area contributed by atoms with Crippen molar-refractivity contribution in [3.63, 3.8) is 0 Å². The summed E-state index contributed by atoms with van der Waals surface area (Å²) in [5, 5.41) is 0. The summed E-state index contributed by atoms with van der Waals surface area (Å²) in [6.45, 7) is 16.5. The van der Waals surface area contributed by atoms with Gasteiger partial charge in [0, 0.05) is 12.5 Å². The van der Waals surface area contributed by atoms with Gasteiger partial charge in [-0.2, -0.15) is 0 Å². The lowest BCUT2D eigenvalue weighted by atomic mass is 9.88. The minimum Gasteiger partial charge on any atom is -0.376 e. The molecule has 152 valence electrons. The largest absolute Gasteiger partial charge is 0.376 e. The molecular weight excluding hydrogens is 328 g/mol. The van der Waals surface area contributed by atoms with E-state index in [0.29, 0.717) is 11.8 Å². The predicted molar refractivity (Wildman–Crippen MR) is 119 cm³/mol. The number of rotatable bonds is 10. The van der Waals surface area contributed by atoms with Crippen LogP contribution in [-0.4, -0.2) is 12.2 Å². The molecule has 0 spiro atoms. The van der Waals surface area contributed by atoms with E-state index in [4.69, 9.17) is 4.74 Å². The van der Waals surface area contributed by atoms with Crippen molar-refractivity contribution in [3.8, 4) is 0 Å². The lowest BCUT2D eigenvalue weighted by Crippen LogP contribution is -2.19. The quantitative estimate of drug-likeness (QED) is 0.354. The van der Waals surface area contributed by atoms with Gasteiger partial charge in [0.1, 0.15) is 0 Å². The van der Waals surface area contributed by atoms with Crippen LogP contribution in [0, 0.1) is 11.8 Å². The van der Waals surface area contributed by atoms with Crippen molar-refractivity contribution in [3.05, 3.63) is 46.1 Å². The topological polar surface area (TPSA) is 9.23 Å². The summed E-state index contributed by atoms with van der Waals surface area (Å²) in [4.78, 5) is 0. The van der Waals surface area contributed by atoms with Crippen LogP contribution in [0.4, 0.5) is 0 Å². The lowest BCUT2D eigenvalue weighted by Gasteiger charge is -2.19. The maximum atomic E-state index is 5.79. The van der Waals surface area contributed by atoms with Crippen LogP contribution in [-0.2, 0) is 4.74 Å². The van der Waals surface area contributed by atoms with E-state index in [2.05, 4.69) is 66.7 Å². The Morgan fingerprint density at radius 3 is 2.11 bits per heavy atom. The first-order valence-corrected chi connectivity index (χ1v) is 11.1. The second kappa shape index (κ2) is 9.92. The van der Waals surface area contributed by atoms with Crippen molar-refractivity contribution in [1.82, 2.24) is 0 Å². The van der Waals surface area contributed by atoms with E-state index in [9.17, 15) is 0 Å². The first-order valence-electron chi connectivity index (χ1n) is 11.1. The maximum Gasteiger partial charge on any atom is 0.0598 e. The highest BCUT2D eigenvalue weighted by molar-refractivity contribution is 5.46. The molecular formula is C26H42O. The average Bonchev–Trinajstić information content (AvgIpc) is 3.12. The molecule has 0 bridgehead atoms. The highest BCUT2D eigenvalue weighted by Gasteiger charge is 2.24. The summed E-state index contributed by atoms with van der Waals surface area (Å²) in [6, 6.07) is 0. The monoisotopic (exact) mass is 370 g/mol. The molecule has 0 amide bonds. The Morgan fingerprint density at radius 2 is 1.48 bits per heavy atom. The second-order valence-electron chi connectivity index (χ2n) is 9.64. The molecule has 0 aromatic carbocycles. The molecule has 1 heteroatoms. The zero-order valence-electron chi connectivity index (χ0n) is 19.0. The minimum atomic E-state index is 0.00696. The van der Waals surface area contributed by atoms with Crippen LogP contribution in [0.15, 0.2) is 46.1 Å². The molecule has 1 unspecified atom stereocenters. The van der Waals surface area contributed by atoms with Crippen LogP contribution in [0.2, 0.25) is 0 Å². The minimum absolute atomic E-state index is 0.00696. The highest BCUT2D eigenvalue weighted by Crippen LogP contribution is 2.40. The number of ether oxygens (including phenoxy) is 1. The van der Waals surface area contributed by atoms with Gasteiger partial charge in [0.2, 0.25) is 0 Å². The zero-order chi connectivity index (χ0) is 20.0. The molecule has 0 fully saturated rings. The van der Waals surface area contributed by atoms with Crippen molar-refractivity contribution in [2.45, 2.75) is 99.0 Å². The first-order chi connectivity index (χ1) is 12.7. The molecule has 2 aliphatic rings. The van der Waals surface area contributed by atoms with Crippen molar-refractivity contribution in [2.24, 2.45) is 11.8 Å². The Balaban J connectivity index is 1.62. The molecule has 1 nitrogen and oxygen atoms in total. The highest BCUT2D eigenvalue weighted by atomic mass is 16.5. The fourth-order valence-corrected chi connectivity index (χ4v) is 4.37. The smallest absolute Gasteiger partial charge is 0.0598 e. The molecule has 1 atom stereocenters. The van der Waals surface area contributed by atoms with Crippen LogP contribution < -0.4 is 0 Å². The van der Waals surface area contributed by atoms with E-state index in [0.717, 1.165) is 6.61 Å². The second-order valence-corrected chi connectivity index (χ2v) is 9.64. The van der Waals surface area contributed by atoms with Crippen LogP contribution in [0.5, 0.6) is 0 Å². The summed E-state index contributed by atoms with van der Waals surface area (Å²) >= 11 is 0. The SMILES string of the molecule is CC1=C(C)C(CCC2C=CC(CCCCCCOC(C)(C)C)=C2)C(C)=C1C. The Morgan fingerprint density at radius 1 is 0.852 bits per heavy atom. The van der Waals surface area contributed by atoms with Gasteiger partial charge in [-0.05, 0) is 97.6 Å². The van der Waals surface area contributed by atoms with E-state index < -0.39 is 0 Å². The molecule has 0 aromatic rings. The summed E-state index contributed by atoms with van der Waals surface area (Å²) in [5.41, 5.74) is 7.84. The van der Waals surface area contributed by atoms with Crippen LogP contribution >= 0.6 is 0 Å². The van der Waals surface area contributed by atoms with E-state index in [1.807, 2.05) is 0 Å². The van der Waals surface area contributed by atoms with Gasteiger partial charge >= 0.3 is 0 Å². The zero-order valence-corrected chi connectivity index (χ0v) is 19.0. The van der Waals surface area contributed by atoms with Crippen LogP contribution in [0.25, 0.3) is 0 Å². The van der Waals surface area contributed by atoms with Crippen LogP contribution in [0.3, 0.4) is 0 Å². The van der Waals surface area contributed by atoms with Crippen molar-refractivity contribution < 1.29 is 4.74 Å². The number of hydrogen-bond acceptors (Lipinski definition) is 1. The third kappa shape index (κ3) is 6.79. The molecule has 0 N–H and O–H groups in total. The van der Waals surface area contributed by atoms with Gasteiger partial charge in [-0.1, -0.05) is 47.8 Å². The number of hydrogen-bond donors (Lipinski definition) is 0. The van der Waals surface area contributed by atoms with Gasteiger partial charge in [0.25, 0.3) is 0 Å². The summed E-state index contributed by atoms with van der Waals surface area (Å²) < 4.78 is 5.79. The molecule has 2 aliphatic carbocycles. The van der Waals surface area contributed by atoms with E-state index in [1.54, 1.807) is 16.7 Å². The lowest BCUT2D eigenvalue weighted by molar-refractivity contribution is -0.00473. The fraction of sp³-hybridized carbons (Fsp3) is 0.692. The summed E-state index contributed by atoms with van der Waals surface area (Å²) in [5.74, 6) is 1.34. The standard InChI is InChI=1S/C26H42O/c1-19-20(2)22(4)25(21(19)3)16-15-24-14-13-23(18-24)12-10-8-9-11-17-27-26(5,6)7/h13-14,18,24-25H,8-12,15-17H2,1-7H3. The molecule has 0 saturated carbocycles. The van der Waals surface area contributed by atoms with E-state index in [-0.39, 0.29) is 5.60 Å². The molecule has 0 aromatic heterocycles. The Kier molecular flexibility index (Phi) is 8.16. The van der Waals surface area contributed by atoms with Gasteiger partial charge in [-0.3, -0.25) is 0 Å². The third-order valence-corrected chi connectivity index (χ3v) is 6.46. The Bertz CT molecular complexity index is 597. The molecule has 0 radical (unpaired) electrons. The normalized spacial score (nSPS) is 21.0.